The summed E-state index contributed by atoms with van der Waals surface area (Å²) in [6.45, 7) is 5.02. The van der Waals surface area contributed by atoms with Crippen molar-refractivity contribution >= 4 is 28.7 Å². The first-order chi connectivity index (χ1) is 7.68. The van der Waals surface area contributed by atoms with E-state index in [1.54, 1.807) is 12.1 Å². The van der Waals surface area contributed by atoms with Crippen LogP contribution in [-0.2, 0) is 4.74 Å². The Morgan fingerprint density at radius 3 is 2.75 bits per heavy atom. The molecule has 5 heteroatoms. The van der Waals surface area contributed by atoms with Crippen LogP contribution in [0.15, 0.2) is 12.1 Å². The molecule has 3 nitrogen and oxygen atoms in total. The molecule has 2 rings (SSSR count). The van der Waals surface area contributed by atoms with Crippen molar-refractivity contribution in [1.29, 1.82) is 0 Å². The lowest BCUT2D eigenvalue weighted by atomic mass is 10.1. The molecule has 1 unspecified atom stereocenters. The Morgan fingerprint density at radius 2 is 2.19 bits per heavy atom. The van der Waals surface area contributed by atoms with Gasteiger partial charge in [-0.15, -0.1) is 11.3 Å². The van der Waals surface area contributed by atoms with Gasteiger partial charge in [-0.3, -0.25) is 9.69 Å². The molecule has 0 radical (unpaired) electrons. The van der Waals surface area contributed by atoms with E-state index < -0.39 is 0 Å². The first-order valence-corrected chi connectivity index (χ1v) is 6.49. The van der Waals surface area contributed by atoms with Crippen molar-refractivity contribution in [3.63, 3.8) is 0 Å². The third-order valence-corrected chi connectivity index (χ3v) is 4.03. The number of Topliss-reactive ketones (excluding diaryl/α,β-unsaturated/α-hetero) is 1. The highest BCUT2D eigenvalue weighted by molar-refractivity contribution is 7.18. The van der Waals surface area contributed by atoms with Crippen molar-refractivity contribution in [1.82, 2.24) is 4.90 Å². The highest BCUT2D eigenvalue weighted by atomic mass is 35.5. The van der Waals surface area contributed by atoms with Crippen LogP contribution >= 0.6 is 22.9 Å². The SMILES string of the molecule is CC(C(=O)c1ccc(Cl)s1)N1CCOCC1. The number of rotatable bonds is 3. The highest BCUT2D eigenvalue weighted by Gasteiger charge is 2.24. The molecule has 2 heterocycles. The zero-order chi connectivity index (χ0) is 11.5. The fourth-order valence-electron chi connectivity index (χ4n) is 1.78. The van der Waals surface area contributed by atoms with Crippen LogP contribution in [0.4, 0.5) is 0 Å². The first kappa shape index (κ1) is 12.0. The van der Waals surface area contributed by atoms with Crippen molar-refractivity contribution in [2.75, 3.05) is 26.3 Å². The molecule has 0 aliphatic carbocycles. The molecule has 0 spiro atoms. The van der Waals surface area contributed by atoms with E-state index >= 15 is 0 Å². The molecule has 0 amide bonds. The van der Waals surface area contributed by atoms with E-state index in [2.05, 4.69) is 4.90 Å². The van der Waals surface area contributed by atoms with Gasteiger partial charge in [-0.2, -0.15) is 0 Å². The van der Waals surface area contributed by atoms with Crippen LogP contribution in [0.1, 0.15) is 16.6 Å². The third kappa shape index (κ3) is 2.63. The number of nitrogens with zero attached hydrogens (tertiary/aromatic N) is 1. The predicted molar refractivity (Wildman–Crippen MR) is 65.5 cm³/mol. The van der Waals surface area contributed by atoms with Gasteiger partial charge in [0.15, 0.2) is 5.78 Å². The summed E-state index contributed by atoms with van der Waals surface area (Å²) in [4.78, 5) is 15.0. The van der Waals surface area contributed by atoms with Gasteiger partial charge in [-0.25, -0.2) is 0 Å². The third-order valence-electron chi connectivity index (χ3n) is 2.79. The second-order valence-corrected chi connectivity index (χ2v) is 5.51. The zero-order valence-corrected chi connectivity index (χ0v) is 10.7. The van der Waals surface area contributed by atoms with Gasteiger partial charge >= 0.3 is 0 Å². The van der Waals surface area contributed by atoms with E-state index in [4.69, 9.17) is 16.3 Å². The largest absolute Gasteiger partial charge is 0.379 e. The number of thiophene rings is 1. The lowest BCUT2D eigenvalue weighted by Crippen LogP contribution is -2.45. The summed E-state index contributed by atoms with van der Waals surface area (Å²) in [5, 5.41) is 0. The smallest absolute Gasteiger partial charge is 0.189 e. The molecule has 1 aliphatic rings. The Hall–Kier alpha value is -0.420. The van der Waals surface area contributed by atoms with E-state index in [9.17, 15) is 4.79 Å². The van der Waals surface area contributed by atoms with Crippen LogP contribution in [0, 0.1) is 0 Å². The molecule has 1 atom stereocenters. The van der Waals surface area contributed by atoms with E-state index in [1.165, 1.54) is 11.3 Å². The Labute approximate surface area is 104 Å². The average molecular weight is 260 g/mol. The molecule has 16 heavy (non-hydrogen) atoms. The van der Waals surface area contributed by atoms with Crippen LogP contribution in [-0.4, -0.2) is 43.0 Å². The Morgan fingerprint density at radius 1 is 1.50 bits per heavy atom. The molecular weight excluding hydrogens is 246 g/mol. The summed E-state index contributed by atoms with van der Waals surface area (Å²) in [7, 11) is 0. The summed E-state index contributed by atoms with van der Waals surface area (Å²) in [5.74, 6) is 0.152. The summed E-state index contributed by atoms with van der Waals surface area (Å²) < 4.78 is 5.93. The normalized spacial score (nSPS) is 19.6. The number of halogens is 1. The van der Waals surface area contributed by atoms with Crippen LogP contribution in [0.5, 0.6) is 0 Å². The standard InChI is InChI=1S/C11H14ClNO2S/c1-8(13-4-6-15-7-5-13)11(14)9-2-3-10(12)16-9/h2-3,8H,4-7H2,1H3. The van der Waals surface area contributed by atoms with Crippen LogP contribution in [0.25, 0.3) is 0 Å². The molecule has 1 aromatic heterocycles. The lowest BCUT2D eigenvalue weighted by molar-refractivity contribution is 0.0210. The van der Waals surface area contributed by atoms with E-state index in [0.29, 0.717) is 17.6 Å². The van der Waals surface area contributed by atoms with Crippen molar-refractivity contribution in [2.24, 2.45) is 0 Å². The monoisotopic (exact) mass is 259 g/mol. The molecule has 0 bridgehead atoms. The molecule has 1 fully saturated rings. The number of hydrogen-bond donors (Lipinski definition) is 0. The molecular formula is C11H14ClNO2S. The van der Waals surface area contributed by atoms with E-state index in [-0.39, 0.29) is 11.8 Å². The second-order valence-electron chi connectivity index (χ2n) is 3.79. The van der Waals surface area contributed by atoms with Crippen molar-refractivity contribution in [3.05, 3.63) is 21.3 Å². The Kier molecular flexibility index (Phi) is 3.97. The van der Waals surface area contributed by atoms with Crippen molar-refractivity contribution < 1.29 is 9.53 Å². The predicted octanol–water partition coefficient (Wildman–Crippen LogP) is 2.30. The number of ether oxygens (including phenoxy) is 1. The molecule has 1 aliphatic heterocycles. The van der Waals surface area contributed by atoms with Gasteiger partial charge in [0.1, 0.15) is 0 Å². The van der Waals surface area contributed by atoms with Gasteiger partial charge in [-0.1, -0.05) is 11.6 Å². The van der Waals surface area contributed by atoms with Gasteiger partial charge in [0.2, 0.25) is 0 Å². The highest BCUT2D eigenvalue weighted by Crippen LogP contribution is 2.23. The maximum atomic E-state index is 12.1. The molecule has 1 saturated heterocycles. The Bertz CT molecular complexity index is 374. The van der Waals surface area contributed by atoms with Gasteiger partial charge in [-0.05, 0) is 19.1 Å². The van der Waals surface area contributed by atoms with Gasteiger partial charge in [0, 0.05) is 13.1 Å². The number of carbonyl (C=O) groups excluding carboxylic acids is 1. The summed E-state index contributed by atoms with van der Waals surface area (Å²) >= 11 is 7.17. The number of carbonyl (C=O) groups is 1. The van der Waals surface area contributed by atoms with E-state index in [1.807, 2.05) is 6.92 Å². The van der Waals surface area contributed by atoms with Crippen LogP contribution < -0.4 is 0 Å². The summed E-state index contributed by atoms with van der Waals surface area (Å²) in [5.41, 5.74) is 0. The molecule has 1 aromatic rings. The van der Waals surface area contributed by atoms with Crippen LogP contribution in [0.2, 0.25) is 4.34 Å². The minimum Gasteiger partial charge on any atom is -0.379 e. The van der Waals surface area contributed by atoms with E-state index in [0.717, 1.165) is 18.0 Å². The maximum absolute atomic E-state index is 12.1. The average Bonchev–Trinajstić information content (AvgIpc) is 2.75. The topological polar surface area (TPSA) is 29.5 Å². The molecule has 0 aromatic carbocycles. The van der Waals surface area contributed by atoms with Crippen LogP contribution in [0.3, 0.4) is 0 Å². The fourth-order valence-corrected chi connectivity index (χ4v) is 2.85. The minimum absolute atomic E-state index is 0.0846. The quantitative estimate of drug-likeness (QED) is 0.781. The molecule has 88 valence electrons. The zero-order valence-electron chi connectivity index (χ0n) is 9.11. The number of hydrogen-bond acceptors (Lipinski definition) is 4. The summed E-state index contributed by atoms with van der Waals surface area (Å²) in [6.07, 6.45) is 0. The maximum Gasteiger partial charge on any atom is 0.189 e. The Balaban J connectivity index is 2.03. The van der Waals surface area contributed by atoms with Gasteiger partial charge in [0.05, 0.1) is 28.5 Å². The summed E-state index contributed by atoms with van der Waals surface area (Å²) in [6, 6.07) is 3.48. The van der Waals surface area contributed by atoms with Crippen molar-refractivity contribution in [3.8, 4) is 0 Å². The lowest BCUT2D eigenvalue weighted by Gasteiger charge is -2.31. The van der Waals surface area contributed by atoms with Gasteiger partial charge < -0.3 is 4.74 Å². The molecule has 0 N–H and O–H groups in total. The van der Waals surface area contributed by atoms with Crippen molar-refractivity contribution in [2.45, 2.75) is 13.0 Å². The number of ketones is 1. The first-order valence-electron chi connectivity index (χ1n) is 5.30. The number of morpholine rings is 1. The minimum atomic E-state index is -0.0846. The van der Waals surface area contributed by atoms with Gasteiger partial charge in [0.25, 0.3) is 0 Å². The fraction of sp³-hybridized carbons (Fsp3) is 0.545. The molecule has 0 saturated carbocycles. The second kappa shape index (κ2) is 5.27.